The van der Waals surface area contributed by atoms with Gasteiger partial charge in [0.05, 0.1) is 23.4 Å². The van der Waals surface area contributed by atoms with E-state index in [-0.39, 0.29) is 5.69 Å². The van der Waals surface area contributed by atoms with Gasteiger partial charge < -0.3 is 5.73 Å². The maximum atomic E-state index is 10.8. The number of hydrogen-bond donors (Lipinski definition) is 1. The van der Waals surface area contributed by atoms with Crippen molar-refractivity contribution in [3.63, 3.8) is 0 Å². The van der Waals surface area contributed by atoms with Crippen molar-refractivity contribution < 1.29 is 4.79 Å². The van der Waals surface area contributed by atoms with Crippen LogP contribution >= 0.6 is 11.3 Å². The largest absolute Gasteiger partial charge is 0.364 e. The third kappa shape index (κ3) is 2.18. The molecule has 6 nitrogen and oxygen atoms in total. The van der Waals surface area contributed by atoms with E-state index in [0.717, 1.165) is 10.7 Å². The lowest BCUT2D eigenvalue weighted by Gasteiger charge is -1.94. The first-order chi connectivity index (χ1) is 7.15. The number of primary amides is 1. The van der Waals surface area contributed by atoms with Gasteiger partial charge in [0.1, 0.15) is 0 Å². The van der Waals surface area contributed by atoms with E-state index in [2.05, 4.69) is 15.3 Å². The van der Waals surface area contributed by atoms with Crippen LogP contribution in [0.5, 0.6) is 0 Å². The minimum atomic E-state index is -0.573. The Morgan fingerprint density at radius 1 is 1.67 bits per heavy atom. The van der Waals surface area contributed by atoms with Gasteiger partial charge in [0.2, 0.25) is 0 Å². The molecular weight excluding hydrogens is 214 g/mol. The van der Waals surface area contributed by atoms with Gasteiger partial charge in [-0.15, -0.1) is 16.4 Å². The number of carbonyl (C=O) groups is 1. The van der Waals surface area contributed by atoms with Crippen LogP contribution in [0.15, 0.2) is 11.6 Å². The third-order valence-corrected chi connectivity index (χ3v) is 2.60. The first-order valence-corrected chi connectivity index (χ1v) is 5.14. The van der Waals surface area contributed by atoms with Crippen molar-refractivity contribution in [2.45, 2.75) is 13.5 Å². The molecule has 0 aliphatic heterocycles. The summed E-state index contributed by atoms with van der Waals surface area (Å²) in [5.41, 5.74) is 6.13. The first-order valence-electron chi connectivity index (χ1n) is 4.26. The standard InChI is InChI=1S/C8H9N5OS/c1-5-10-6(4-15-5)2-13-3-7(8(9)14)11-12-13/h3-4H,2H2,1H3,(H2,9,14). The molecule has 0 saturated carbocycles. The maximum Gasteiger partial charge on any atom is 0.270 e. The van der Waals surface area contributed by atoms with Crippen molar-refractivity contribution in [2.24, 2.45) is 5.73 Å². The second kappa shape index (κ2) is 3.77. The molecule has 0 saturated heterocycles. The Bertz CT molecular complexity index is 489. The second-order valence-electron chi connectivity index (χ2n) is 3.02. The summed E-state index contributed by atoms with van der Waals surface area (Å²) >= 11 is 1.57. The Morgan fingerprint density at radius 2 is 2.47 bits per heavy atom. The van der Waals surface area contributed by atoms with Gasteiger partial charge in [-0.2, -0.15) is 0 Å². The fourth-order valence-electron chi connectivity index (χ4n) is 1.14. The van der Waals surface area contributed by atoms with Crippen molar-refractivity contribution in [1.82, 2.24) is 20.0 Å². The van der Waals surface area contributed by atoms with Crippen molar-refractivity contribution in [2.75, 3.05) is 0 Å². The average Bonchev–Trinajstić information content (AvgIpc) is 2.76. The first kappa shape index (κ1) is 9.78. The van der Waals surface area contributed by atoms with Crippen molar-refractivity contribution in [3.8, 4) is 0 Å². The molecule has 2 rings (SSSR count). The van der Waals surface area contributed by atoms with Gasteiger partial charge in [-0.25, -0.2) is 9.67 Å². The molecule has 7 heteroatoms. The minimum absolute atomic E-state index is 0.168. The number of aromatic nitrogens is 4. The number of hydrogen-bond acceptors (Lipinski definition) is 5. The quantitative estimate of drug-likeness (QED) is 0.804. The molecule has 0 aliphatic carbocycles. The number of nitrogens with zero attached hydrogens (tertiary/aromatic N) is 4. The maximum absolute atomic E-state index is 10.8. The molecule has 0 unspecified atom stereocenters. The van der Waals surface area contributed by atoms with Crippen LogP contribution in [0.1, 0.15) is 21.2 Å². The van der Waals surface area contributed by atoms with E-state index in [0.29, 0.717) is 6.54 Å². The summed E-state index contributed by atoms with van der Waals surface area (Å²) in [6.45, 7) is 2.44. The third-order valence-electron chi connectivity index (χ3n) is 1.78. The van der Waals surface area contributed by atoms with Gasteiger partial charge in [-0.3, -0.25) is 4.79 Å². The number of amides is 1. The zero-order valence-electron chi connectivity index (χ0n) is 8.04. The molecular formula is C8H9N5OS. The van der Waals surface area contributed by atoms with Crippen LogP contribution in [-0.2, 0) is 6.54 Å². The summed E-state index contributed by atoms with van der Waals surface area (Å²) in [6.07, 6.45) is 1.51. The zero-order chi connectivity index (χ0) is 10.8. The van der Waals surface area contributed by atoms with Crippen molar-refractivity contribution in [1.29, 1.82) is 0 Å². The normalized spacial score (nSPS) is 10.5. The highest BCUT2D eigenvalue weighted by molar-refractivity contribution is 7.09. The number of thiazole rings is 1. The highest BCUT2D eigenvalue weighted by atomic mass is 32.1. The Balaban J connectivity index is 2.14. The van der Waals surface area contributed by atoms with Gasteiger partial charge in [-0.05, 0) is 6.92 Å². The van der Waals surface area contributed by atoms with E-state index in [1.807, 2.05) is 12.3 Å². The molecule has 0 bridgehead atoms. The molecule has 0 aliphatic rings. The summed E-state index contributed by atoms with van der Waals surface area (Å²) in [7, 11) is 0. The highest BCUT2D eigenvalue weighted by Gasteiger charge is 2.07. The molecule has 0 atom stereocenters. The molecule has 0 spiro atoms. The lowest BCUT2D eigenvalue weighted by Crippen LogP contribution is -2.11. The van der Waals surface area contributed by atoms with E-state index in [1.54, 1.807) is 11.3 Å². The van der Waals surface area contributed by atoms with Crippen LogP contribution in [0.4, 0.5) is 0 Å². The second-order valence-corrected chi connectivity index (χ2v) is 4.09. The fourth-order valence-corrected chi connectivity index (χ4v) is 1.74. The van der Waals surface area contributed by atoms with E-state index < -0.39 is 5.91 Å². The van der Waals surface area contributed by atoms with Crippen molar-refractivity contribution in [3.05, 3.63) is 28.0 Å². The Hall–Kier alpha value is -1.76. The molecule has 0 radical (unpaired) electrons. The van der Waals surface area contributed by atoms with E-state index in [1.165, 1.54) is 10.9 Å². The topological polar surface area (TPSA) is 86.7 Å². The summed E-state index contributed by atoms with van der Waals surface area (Å²) in [4.78, 5) is 15.0. The van der Waals surface area contributed by atoms with Gasteiger partial charge >= 0.3 is 0 Å². The Morgan fingerprint density at radius 3 is 3.00 bits per heavy atom. The van der Waals surface area contributed by atoms with Crippen LogP contribution in [0.25, 0.3) is 0 Å². The molecule has 15 heavy (non-hydrogen) atoms. The molecule has 0 aromatic carbocycles. The van der Waals surface area contributed by atoms with Gasteiger partial charge in [-0.1, -0.05) is 5.21 Å². The lowest BCUT2D eigenvalue weighted by atomic mass is 10.4. The van der Waals surface area contributed by atoms with Gasteiger partial charge in [0, 0.05) is 5.38 Å². The number of rotatable bonds is 3. The van der Waals surface area contributed by atoms with E-state index in [4.69, 9.17) is 5.73 Å². The summed E-state index contributed by atoms with van der Waals surface area (Å²) in [5, 5.41) is 10.4. The smallest absolute Gasteiger partial charge is 0.270 e. The predicted octanol–water partition coefficient (Wildman–Crippen LogP) is 0.190. The fraction of sp³-hybridized carbons (Fsp3) is 0.250. The van der Waals surface area contributed by atoms with E-state index >= 15 is 0 Å². The molecule has 78 valence electrons. The lowest BCUT2D eigenvalue weighted by molar-refractivity contribution is 0.0995. The molecule has 0 fully saturated rings. The number of carbonyl (C=O) groups excluding carboxylic acids is 1. The van der Waals surface area contributed by atoms with E-state index in [9.17, 15) is 4.79 Å². The molecule has 2 N–H and O–H groups in total. The van der Waals surface area contributed by atoms with Crippen LogP contribution in [0.2, 0.25) is 0 Å². The van der Waals surface area contributed by atoms with Crippen LogP contribution in [0, 0.1) is 6.92 Å². The zero-order valence-corrected chi connectivity index (χ0v) is 8.86. The average molecular weight is 223 g/mol. The predicted molar refractivity (Wildman–Crippen MR) is 54.5 cm³/mol. The van der Waals surface area contributed by atoms with Gasteiger partial charge in [0.15, 0.2) is 5.69 Å². The Labute approximate surface area is 89.7 Å². The Kier molecular flexibility index (Phi) is 2.46. The highest BCUT2D eigenvalue weighted by Crippen LogP contribution is 2.08. The molecule has 2 heterocycles. The number of nitrogens with two attached hydrogens (primary N) is 1. The van der Waals surface area contributed by atoms with Gasteiger partial charge in [0.25, 0.3) is 5.91 Å². The summed E-state index contributed by atoms with van der Waals surface area (Å²) in [5.74, 6) is -0.573. The molecule has 1 amide bonds. The molecule has 2 aromatic heterocycles. The van der Waals surface area contributed by atoms with Crippen LogP contribution in [-0.4, -0.2) is 25.9 Å². The van der Waals surface area contributed by atoms with Crippen molar-refractivity contribution >= 4 is 17.2 Å². The minimum Gasteiger partial charge on any atom is -0.364 e. The summed E-state index contributed by atoms with van der Waals surface area (Å²) < 4.78 is 1.54. The van der Waals surface area contributed by atoms with Crippen LogP contribution < -0.4 is 5.73 Å². The molecule has 2 aromatic rings. The summed E-state index contributed by atoms with van der Waals surface area (Å²) in [6, 6.07) is 0. The SMILES string of the molecule is Cc1nc(Cn2cc(C(N)=O)nn2)cs1. The number of aryl methyl sites for hydroxylation is 1. The van der Waals surface area contributed by atoms with Crippen LogP contribution in [0.3, 0.4) is 0 Å². The monoisotopic (exact) mass is 223 g/mol.